The Labute approximate surface area is 90.9 Å². The average Bonchev–Trinajstić information content (AvgIpc) is 2.53. The topological polar surface area (TPSA) is 40.5 Å². The molecule has 0 aliphatic carbocycles. The Balaban J connectivity index is 2.78. The molecular weight excluding hydrogens is 218 g/mol. The van der Waals surface area contributed by atoms with Crippen molar-refractivity contribution in [1.82, 2.24) is 4.73 Å². The van der Waals surface area contributed by atoms with Crippen molar-refractivity contribution in [1.29, 1.82) is 0 Å². The Morgan fingerprint density at radius 1 is 1.40 bits per heavy atom. The monoisotopic (exact) mass is 225 g/mol. The average molecular weight is 226 g/mol. The molecule has 0 spiro atoms. The van der Waals surface area contributed by atoms with Crippen molar-refractivity contribution in [2.75, 3.05) is 7.11 Å². The summed E-state index contributed by atoms with van der Waals surface area (Å²) < 4.78 is 6.22. The summed E-state index contributed by atoms with van der Waals surface area (Å²) in [4.78, 5) is 15.4. The summed E-state index contributed by atoms with van der Waals surface area (Å²) in [6.45, 7) is 0.341. The maximum atomic E-state index is 10.3. The zero-order valence-corrected chi connectivity index (χ0v) is 8.69. The van der Waals surface area contributed by atoms with E-state index >= 15 is 0 Å². The van der Waals surface area contributed by atoms with Crippen molar-refractivity contribution in [3.63, 3.8) is 0 Å². The lowest BCUT2D eigenvalue weighted by atomic mass is 10.2. The van der Waals surface area contributed by atoms with Crippen molar-refractivity contribution >= 4 is 29.0 Å². The van der Waals surface area contributed by atoms with Crippen molar-refractivity contribution in [2.24, 2.45) is 0 Å². The van der Waals surface area contributed by atoms with Gasteiger partial charge in [-0.1, -0.05) is 23.7 Å². The van der Waals surface area contributed by atoms with Crippen LogP contribution in [0.1, 0.15) is 0 Å². The third-order valence-corrected chi connectivity index (χ3v) is 2.41. The Kier molecular flexibility index (Phi) is 2.51. The fraction of sp³-hybridized carbons (Fsp3) is 0.100. The summed E-state index contributed by atoms with van der Waals surface area (Å²) in [5.74, 6) is 0.309. The number of carbonyl (C=O) groups excluding carboxylic acids is 1. The van der Waals surface area contributed by atoms with Gasteiger partial charge in [0.25, 0.3) is 6.47 Å². The van der Waals surface area contributed by atoms with E-state index in [0.29, 0.717) is 12.2 Å². The van der Waals surface area contributed by atoms with E-state index in [4.69, 9.17) is 21.2 Å². The van der Waals surface area contributed by atoms with Gasteiger partial charge in [-0.2, -0.15) is 4.73 Å². The van der Waals surface area contributed by atoms with Gasteiger partial charge in [0.15, 0.2) is 10.9 Å². The third kappa shape index (κ3) is 1.43. The van der Waals surface area contributed by atoms with Gasteiger partial charge in [-0.25, -0.2) is 0 Å². The largest absolute Gasteiger partial charge is 0.425 e. The van der Waals surface area contributed by atoms with E-state index in [1.54, 1.807) is 6.07 Å². The minimum absolute atomic E-state index is 0.241. The summed E-state index contributed by atoms with van der Waals surface area (Å²) in [6.07, 6.45) is 0. The first-order chi connectivity index (χ1) is 7.29. The number of aromatic nitrogens is 1. The van der Waals surface area contributed by atoms with Gasteiger partial charge in [-0.15, -0.1) is 0 Å². The Bertz CT molecular complexity index is 507. The predicted molar refractivity (Wildman–Crippen MR) is 56.1 cm³/mol. The molecule has 1 aromatic heterocycles. The van der Waals surface area contributed by atoms with Crippen LogP contribution in [0.5, 0.6) is 5.75 Å². The molecule has 0 aliphatic heterocycles. The lowest BCUT2D eigenvalue weighted by Crippen LogP contribution is -2.04. The van der Waals surface area contributed by atoms with Gasteiger partial charge >= 0.3 is 0 Å². The van der Waals surface area contributed by atoms with E-state index in [2.05, 4.69) is 0 Å². The maximum Gasteiger partial charge on any atom is 0.298 e. The summed E-state index contributed by atoms with van der Waals surface area (Å²) in [7, 11) is 1.49. The van der Waals surface area contributed by atoms with Crippen LogP contribution in [0.25, 0.3) is 10.9 Å². The number of para-hydroxylation sites is 1. The molecule has 15 heavy (non-hydrogen) atoms. The number of fused-ring (bicyclic) bond motifs is 1. The first kappa shape index (κ1) is 9.86. The molecule has 1 aromatic carbocycles. The Morgan fingerprint density at radius 2 is 2.13 bits per heavy atom. The van der Waals surface area contributed by atoms with Crippen molar-refractivity contribution < 1.29 is 14.4 Å². The smallest absolute Gasteiger partial charge is 0.298 e. The number of nitrogens with zero attached hydrogens (tertiary/aromatic N) is 1. The number of halogens is 1. The fourth-order valence-corrected chi connectivity index (χ4v) is 1.80. The van der Waals surface area contributed by atoms with E-state index in [0.717, 1.165) is 10.9 Å². The van der Waals surface area contributed by atoms with Crippen LogP contribution in [0.3, 0.4) is 0 Å². The van der Waals surface area contributed by atoms with E-state index in [9.17, 15) is 4.79 Å². The van der Waals surface area contributed by atoms with Crippen LogP contribution in [-0.2, 0) is 4.79 Å². The van der Waals surface area contributed by atoms with Gasteiger partial charge in [0.1, 0.15) is 7.11 Å². The van der Waals surface area contributed by atoms with Crippen LogP contribution in [0, 0.1) is 0 Å². The molecule has 0 atom stereocenters. The molecule has 0 bridgehead atoms. The number of hydrogen-bond acceptors (Lipinski definition) is 3. The third-order valence-electron chi connectivity index (χ3n) is 2.08. The normalized spacial score (nSPS) is 10.3. The predicted octanol–water partition coefficient (Wildman–Crippen LogP) is 1.89. The van der Waals surface area contributed by atoms with Gasteiger partial charge in [0, 0.05) is 5.39 Å². The number of ether oxygens (including phenoxy) is 1. The molecule has 2 aromatic rings. The van der Waals surface area contributed by atoms with Gasteiger partial charge < -0.3 is 9.57 Å². The summed E-state index contributed by atoms with van der Waals surface area (Å²) >= 11 is 5.99. The standard InChI is InChI=1S/C10H8ClNO3/c1-14-12-8-5-3-2-4-7(8)9(10(12)11)15-6-13/h2-6H,1H3. The van der Waals surface area contributed by atoms with Gasteiger partial charge in [0.05, 0.1) is 5.52 Å². The molecular formula is C10H8ClNO3. The van der Waals surface area contributed by atoms with Crippen LogP contribution in [-0.4, -0.2) is 18.3 Å². The minimum atomic E-state index is 0.241. The Hall–Kier alpha value is -1.68. The highest BCUT2D eigenvalue weighted by atomic mass is 35.5. The molecule has 5 heteroatoms. The van der Waals surface area contributed by atoms with E-state index in [1.165, 1.54) is 11.8 Å². The van der Waals surface area contributed by atoms with E-state index in [1.807, 2.05) is 18.2 Å². The first-order valence-corrected chi connectivity index (χ1v) is 4.61. The van der Waals surface area contributed by atoms with Gasteiger partial charge in [-0.3, -0.25) is 4.79 Å². The fourth-order valence-electron chi connectivity index (χ4n) is 1.49. The number of hydrogen-bond donors (Lipinski definition) is 0. The van der Waals surface area contributed by atoms with Crippen LogP contribution < -0.4 is 9.57 Å². The molecule has 1 heterocycles. The molecule has 0 aliphatic rings. The molecule has 78 valence electrons. The maximum absolute atomic E-state index is 10.3. The van der Waals surface area contributed by atoms with Gasteiger partial charge in [-0.05, 0) is 12.1 Å². The molecule has 0 radical (unpaired) electrons. The molecule has 0 amide bonds. The highest BCUT2D eigenvalue weighted by molar-refractivity contribution is 6.33. The summed E-state index contributed by atoms with van der Waals surface area (Å²) in [5.41, 5.74) is 0.752. The van der Waals surface area contributed by atoms with Crippen molar-refractivity contribution in [2.45, 2.75) is 0 Å². The van der Waals surface area contributed by atoms with Gasteiger partial charge in [0.2, 0.25) is 0 Å². The summed E-state index contributed by atoms with van der Waals surface area (Å²) in [6, 6.07) is 7.30. The molecule has 0 N–H and O–H groups in total. The van der Waals surface area contributed by atoms with Crippen LogP contribution in [0.2, 0.25) is 5.15 Å². The number of benzene rings is 1. The SMILES string of the molecule is COn1c(Cl)c(OC=O)c2ccccc21. The van der Waals surface area contributed by atoms with E-state index in [-0.39, 0.29) is 5.15 Å². The molecule has 4 nitrogen and oxygen atoms in total. The molecule has 2 rings (SSSR count). The highest BCUT2D eigenvalue weighted by Gasteiger charge is 2.16. The van der Waals surface area contributed by atoms with Crippen LogP contribution in [0.4, 0.5) is 0 Å². The van der Waals surface area contributed by atoms with Crippen LogP contribution >= 0.6 is 11.6 Å². The molecule has 0 saturated heterocycles. The number of rotatable bonds is 3. The Morgan fingerprint density at radius 3 is 2.80 bits per heavy atom. The zero-order valence-electron chi connectivity index (χ0n) is 7.94. The second-order valence-electron chi connectivity index (χ2n) is 2.83. The van der Waals surface area contributed by atoms with Crippen molar-refractivity contribution in [3.8, 4) is 5.75 Å². The second kappa shape index (κ2) is 3.82. The number of carbonyl (C=O) groups is 1. The van der Waals surface area contributed by atoms with E-state index < -0.39 is 0 Å². The van der Waals surface area contributed by atoms with Crippen molar-refractivity contribution in [3.05, 3.63) is 29.4 Å². The quantitative estimate of drug-likeness (QED) is 0.749. The second-order valence-corrected chi connectivity index (χ2v) is 3.19. The summed E-state index contributed by atoms with van der Waals surface area (Å²) in [5, 5.41) is 0.974. The zero-order chi connectivity index (χ0) is 10.8. The lowest BCUT2D eigenvalue weighted by Gasteiger charge is -2.02. The lowest BCUT2D eigenvalue weighted by molar-refractivity contribution is -0.120. The van der Waals surface area contributed by atoms with Crippen LogP contribution in [0.15, 0.2) is 24.3 Å². The first-order valence-electron chi connectivity index (χ1n) is 4.23. The molecule has 0 fully saturated rings. The highest BCUT2D eigenvalue weighted by Crippen LogP contribution is 2.35. The molecule has 0 saturated carbocycles. The minimum Gasteiger partial charge on any atom is -0.425 e. The molecule has 0 unspecified atom stereocenters.